The van der Waals surface area contributed by atoms with Crippen molar-refractivity contribution in [3.63, 3.8) is 0 Å². The Morgan fingerprint density at radius 2 is 2.07 bits per heavy atom. The second-order valence-corrected chi connectivity index (χ2v) is 5.54. The van der Waals surface area contributed by atoms with E-state index in [0.29, 0.717) is 10.6 Å². The molecule has 0 saturated heterocycles. The predicted molar refractivity (Wildman–Crippen MR) is 57.1 cm³/mol. The zero-order valence-corrected chi connectivity index (χ0v) is 9.40. The summed E-state index contributed by atoms with van der Waals surface area (Å²) in [6.07, 6.45) is 0. The van der Waals surface area contributed by atoms with Crippen LogP contribution in [-0.4, -0.2) is 14.2 Å². The summed E-state index contributed by atoms with van der Waals surface area (Å²) in [4.78, 5) is 0.245. The average Bonchev–Trinajstić information content (AvgIpc) is 2.18. The van der Waals surface area contributed by atoms with Crippen LogP contribution in [0.2, 0.25) is 5.02 Å². The molecule has 0 aromatic heterocycles. The molecule has 0 heterocycles. The SMILES string of the molecule is CCS(=O)(=O)c1cc(Cl)ccc1CN. The number of nitrogens with two attached hydrogens (primary N) is 1. The summed E-state index contributed by atoms with van der Waals surface area (Å²) in [7, 11) is -3.23. The maximum atomic E-state index is 11.6. The lowest BCUT2D eigenvalue weighted by atomic mass is 10.2. The Balaban J connectivity index is 3.39. The fourth-order valence-corrected chi connectivity index (χ4v) is 2.55. The maximum Gasteiger partial charge on any atom is 0.178 e. The van der Waals surface area contributed by atoms with Crippen LogP contribution in [0.15, 0.2) is 23.1 Å². The van der Waals surface area contributed by atoms with E-state index in [1.165, 1.54) is 6.07 Å². The van der Waals surface area contributed by atoms with E-state index in [1.807, 2.05) is 0 Å². The van der Waals surface area contributed by atoms with Gasteiger partial charge in [0.25, 0.3) is 0 Å². The van der Waals surface area contributed by atoms with Crippen molar-refractivity contribution in [2.75, 3.05) is 5.75 Å². The van der Waals surface area contributed by atoms with Gasteiger partial charge in [0.05, 0.1) is 10.6 Å². The van der Waals surface area contributed by atoms with Crippen LogP contribution in [-0.2, 0) is 16.4 Å². The standard InChI is InChI=1S/C9H12ClNO2S/c1-2-14(12,13)9-5-8(10)4-3-7(9)6-11/h3-5H,2,6,11H2,1H3. The number of sulfone groups is 1. The van der Waals surface area contributed by atoms with Crippen LogP contribution in [0.3, 0.4) is 0 Å². The third-order valence-electron chi connectivity index (χ3n) is 1.96. The molecule has 2 N–H and O–H groups in total. The van der Waals surface area contributed by atoms with E-state index in [9.17, 15) is 8.42 Å². The van der Waals surface area contributed by atoms with Crippen LogP contribution in [0.4, 0.5) is 0 Å². The van der Waals surface area contributed by atoms with E-state index in [0.717, 1.165) is 0 Å². The van der Waals surface area contributed by atoms with Gasteiger partial charge in [0.15, 0.2) is 9.84 Å². The highest BCUT2D eigenvalue weighted by Crippen LogP contribution is 2.21. The van der Waals surface area contributed by atoms with E-state index >= 15 is 0 Å². The maximum absolute atomic E-state index is 11.6. The lowest BCUT2D eigenvalue weighted by molar-refractivity contribution is 0.596. The topological polar surface area (TPSA) is 60.2 Å². The van der Waals surface area contributed by atoms with Crippen molar-refractivity contribution in [1.29, 1.82) is 0 Å². The van der Waals surface area contributed by atoms with Gasteiger partial charge in [-0.15, -0.1) is 0 Å². The van der Waals surface area contributed by atoms with E-state index in [1.54, 1.807) is 19.1 Å². The average molecular weight is 234 g/mol. The molecule has 0 spiro atoms. The minimum absolute atomic E-state index is 0.0559. The molecule has 5 heteroatoms. The Bertz CT molecular complexity index is 428. The molecule has 0 saturated carbocycles. The fourth-order valence-electron chi connectivity index (χ4n) is 1.14. The lowest BCUT2D eigenvalue weighted by Crippen LogP contribution is -2.09. The molecule has 0 unspecified atom stereocenters. The largest absolute Gasteiger partial charge is 0.326 e. The lowest BCUT2D eigenvalue weighted by Gasteiger charge is -2.07. The van der Waals surface area contributed by atoms with Crippen molar-refractivity contribution in [2.24, 2.45) is 5.73 Å². The van der Waals surface area contributed by atoms with Crippen LogP contribution in [0.25, 0.3) is 0 Å². The normalized spacial score (nSPS) is 11.6. The number of hydrogen-bond acceptors (Lipinski definition) is 3. The molecule has 3 nitrogen and oxygen atoms in total. The quantitative estimate of drug-likeness (QED) is 0.863. The van der Waals surface area contributed by atoms with E-state index in [-0.39, 0.29) is 17.2 Å². The van der Waals surface area contributed by atoms with Crippen molar-refractivity contribution >= 4 is 21.4 Å². The van der Waals surface area contributed by atoms with Crippen molar-refractivity contribution in [2.45, 2.75) is 18.4 Å². The number of halogens is 1. The molecule has 0 aliphatic carbocycles. The molecular formula is C9H12ClNO2S. The highest BCUT2D eigenvalue weighted by atomic mass is 35.5. The molecule has 14 heavy (non-hydrogen) atoms. The van der Waals surface area contributed by atoms with Crippen molar-refractivity contribution in [3.8, 4) is 0 Å². The smallest absolute Gasteiger partial charge is 0.178 e. The van der Waals surface area contributed by atoms with Gasteiger partial charge in [-0.2, -0.15) is 0 Å². The number of rotatable bonds is 3. The third-order valence-corrected chi connectivity index (χ3v) is 4.01. The molecule has 1 aromatic rings. The van der Waals surface area contributed by atoms with E-state index in [2.05, 4.69) is 0 Å². The Kier molecular flexibility index (Phi) is 3.53. The van der Waals surface area contributed by atoms with Gasteiger partial charge < -0.3 is 5.73 Å². The zero-order chi connectivity index (χ0) is 10.8. The molecule has 0 atom stereocenters. The first kappa shape index (κ1) is 11.5. The van der Waals surface area contributed by atoms with Crippen LogP contribution in [0.5, 0.6) is 0 Å². The van der Waals surface area contributed by atoms with Gasteiger partial charge in [-0.25, -0.2) is 8.42 Å². The van der Waals surface area contributed by atoms with Gasteiger partial charge in [0.2, 0.25) is 0 Å². The molecule has 0 aliphatic rings. The minimum atomic E-state index is -3.23. The zero-order valence-electron chi connectivity index (χ0n) is 7.83. The van der Waals surface area contributed by atoms with Crippen LogP contribution >= 0.6 is 11.6 Å². The highest BCUT2D eigenvalue weighted by molar-refractivity contribution is 7.91. The summed E-state index contributed by atoms with van der Waals surface area (Å²) >= 11 is 5.73. The molecule has 0 bridgehead atoms. The Morgan fingerprint density at radius 3 is 2.57 bits per heavy atom. The molecule has 0 amide bonds. The summed E-state index contributed by atoms with van der Waals surface area (Å²) in [6.45, 7) is 1.79. The predicted octanol–water partition coefficient (Wildman–Crippen LogP) is 1.59. The van der Waals surface area contributed by atoms with Crippen molar-refractivity contribution in [3.05, 3.63) is 28.8 Å². The van der Waals surface area contributed by atoms with Crippen LogP contribution in [0.1, 0.15) is 12.5 Å². The number of hydrogen-bond donors (Lipinski definition) is 1. The van der Waals surface area contributed by atoms with Crippen LogP contribution < -0.4 is 5.73 Å². The van der Waals surface area contributed by atoms with Gasteiger partial charge in [-0.1, -0.05) is 24.6 Å². The summed E-state index contributed by atoms with van der Waals surface area (Å²) in [5.41, 5.74) is 6.05. The summed E-state index contributed by atoms with van der Waals surface area (Å²) < 4.78 is 23.2. The second-order valence-electron chi connectivity index (χ2n) is 2.86. The van der Waals surface area contributed by atoms with Crippen molar-refractivity contribution < 1.29 is 8.42 Å². The first-order valence-corrected chi connectivity index (χ1v) is 6.25. The van der Waals surface area contributed by atoms with Gasteiger partial charge in [-0.3, -0.25) is 0 Å². The Hall–Kier alpha value is -0.580. The first-order chi connectivity index (χ1) is 6.51. The van der Waals surface area contributed by atoms with Gasteiger partial charge in [0, 0.05) is 11.6 Å². The van der Waals surface area contributed by atoms with E-state index < -0.39 is 9.84 Å². The first-order valence-electron chi connectivity index (χ1n) is 4.22. The molecule has 1 aromatic carbocycles. The summed E-state index contributed by atoms with van der Waals surface area (Å²) in [6, 6.07) is 4.73. The highest BCUT2D eigenvalue weighted by Gasteiger charge is 2.15. The Labute approximate surface area is 88.8 Å². The molecule has 1 rings (SSSR count). The second kappa shape index (κ2) is 4.29. The number of benzene rings is 1. The molecule has 0 radical (unpaired) electrons. The summed E-state index contributed by atoms with van der Waals surface area (Å²) in [5, 5.41) is 0.411. The molecule has 0 aliphatic heterocycles. The van der Waals surface area contributed by atoms with Gasteiger partial charge in [-0.05, 0) is 17.7 Å². The minimum Gasteiger partial charge on any atom is -0.326 e. The molecular weight excluding hydrogens is 222 g/mol. The van der Waals surface area contributed by atoms with Crippen molar-refractivity contribution in [1.82, 2.24) is 0 Å². The van der Waals surface area contributed by atoms with E-state index in [4.69, 9.17) is 17.3 Å². The Morgan fingerprint density at radius 1 is 1.43 bits per heavy atom. The molecule has 78 valence electrons. The van der Waals surface area contributed by atoms with Crippen LogP contribution in [0, 0.1) is 0 Å². The fraction of sp³-hybridized carbons (Fsp3) is 0.333. The summed E-state index contributed by atoms with van der Waals surface area (Å²) in [5.74, 6) is 0.0559. The monoisotopic (exact) mass is 233 g/mol. The van der Waals surface area contributed by atoms with Gasteiger partial charge in [0.1, 0.15) is 0 Å². The third kappa shape index (κ3) is 2.26. The van der Waals surface area contributed by atoms with Gasteiger partial charge >= 0.3 is 0 Å². The molecule has 0 fully saturated rings.